The SMILES string of the molecule is CC1CCCCC12NC(=O)N(CC(=O)OCC(=O)N(C)Cc1cccc(F)c1)C2=O. The molecule has 1 aliphatic carbocycles. The summed E-state index contributed by atoms with van der Waals surface area (Å²) < 4.78 is 18.2. The molecule has 2 unspecified atom stereocenters. The molecule has 4 amide bonds. The molecule has 1 aliphatic heterocycles. The van der Waals surface area contributed by atoms with Crippen LogP contribution in [0.1, 0.15) is 38.2 Å². The number of ether oxygens (including phenoxy) is 1. The molecule has 30 heavy (non-hydrogen) atoms. The number of imide groups is 1. The highest BCUT2D eigenvalue weighted by molar-refractivity contribution is 6.09. The van der Waals surface area contributed by atoms with Gasteiger partial charge in [0.15, 0.2) is 6.61 Å². The number of likely N-dealkylation sites (N-methyl/N-ethyl adjacent to an activating group) is 1. The zero-order valence-electron chi connectivity index (χ0n) is 17.2. The summed E-state index contributed by atoms with van der Waals surface area (Å²) in [6, 6.07) is 5.23. The maximum atomic E-state index is 13.2. The molecular formula is C21H26FN3O5. The molecule has 9 heteroatoms. The van der Waals surface area contributed by atoms with E-state index in [1.807, 2.05) is 6.92 Å². The highest BCUT2D eigenvalue weighted by atomic mass is 19.1. The number of hydrogen-bond acceptors (Lipinski definition) is 5. The molecule has 1 N–H and O–H groups in total. The van der Waals surface area contributed by atoms with Crippen molar-refractivity contribution in [3.05, 3.63) is 35.6 Å². The lowest BCUT2D eigenvalue weighted by Crippen LogP contribution is -2.54. The molecule has 1 heterocycles. The first-order chi connectivity index (χ1) is 14.2. The number of carbonyl (C=O) groups excluding carboxylic acids is 4. The molecule has 1 saturated carbocycles. The Bertz CT molecular complexity index is 861. The standard InChI is InChI=1S/C21H26FN3O5/c1-14-6-3-4-9-21(14)19(28)25(20(29)23-21)12-18(27)30-13-17(26)24(2)11-15-7-5-8-16(22)10-15/h5,7-8,10,14H,3-4,6,9,11-13H2,1-2H3,(H,23,29). The molecular weight excluding hydrogens is 393 g/mol. The predicted octanol–water partition coefficient (Wildman–Crippen LogP) is 1.83. The molecule has 1 aromatic carbocycles. The van der Waals surface area contributed by atoms with Crippen molar-refractivity contribution in [2.75, 3.05) is 20.2 Å². The van der Waals surface area contributed by atoms with Gasteiger partial charge in [-0.05, 0) is 36.5 Å². The van der Waals surface area contributed by atoms with Crippen LogP contribution in [0.2, 0.25) is 0 Å². The highest BCUT2D eigenvalue weighted by Gasteiger charge is 2.55. The van der Waals surface area contributed by atoms with Gasteiger partial charge in [0.1, 0.15) is 17.9 Å². The van der Waals surface area contributed by atoms with Crippen molar-refractivity contribution in [3.63, 3.8) is 0 Å². The van der Waals surface area contributed by atoms with E-state index >= 15 is 0 Å². The number of benzene rings is 1. The fraction of sp³-hybridized carbons (Fsp3) is 0.524. The average molecular weight is 419 g/mol. The topological polar surface area (TPSA) is 96.0 Å². The van der Waals surface area contributed by atoms with Gasteiger partial charge in [0.2, 0.25) is 0 Å². The number of hydrogen-bond donors (Lipinski definition) is 1. The monoisotopic (exact) mass is 419 g/mol. The summed E-state index contributed by atoms with van der Waals surface area (Å²) in [6.07, 6.45) is 3.21. The van der Waals surface area contributed by atoms with Gasteiger partial charge in [-0.1, -0.05) is 31.9 Å². The largest absolute Gasteiger partial charge is 0.454 e. The Morgan fingerprint density at radius 1 is 1.33 bits per heavy atom. The van der Waals surface area contributed by atoms with Crippen LogP contribution in [0.25, 0.3) is 0 Å². The van der Waals surface area contributed by atoms with Crippen molar-refractivity contribution in [2.45, 2.75) is 44.7 Å². The zero-order chi connectivity index (χ0) is 21.9. The normalized spacial score (nSPS) is 23.4. The molecule has 2 atom stereocenters. The summed E-state index contributed by atoms with van der Waals surface area (Å²) in [6.45, 7) is 1.00. The zero-order valence-corrected chi connectivity index (χ0v) is 17.2. The Balaban J connectivity index is 1.51. The fourth-order valence-corrected chi connectivity index (χ4v) is 4.06. The summed E-state index contributed by atoms with van der Waals surface area (Å²) >= 11 is 0. The van der Waals surface area contributed by atoms with Crippen molar-refractivity contribution >= 4 is 23.8 Å². The molecule has 2 aliphatic rings. The number of amides is 4. The molecule has 1 saturated heterocycles. The lowest BCUT2D eigenvalue weighted by molar-refractivity contribution is -0.153. The van der Waals surface area contributed by atoms with Gasteiger partial charge < -0.3 is 15.0 Å². The third-order valence-corrected chi connectivity index (χ3v) is 5.88. The number of nitrogens with one attached hydrogen (secondary N) is 1. The van der Waals surface area contributed by atoms with Gasteiger partial charge in [0.05, 0.1) is 0 Å². The maximum absolute atomic E-state index is 13.2. The summed E-state index contributed by atoms with van der Waals surface area (Å²) in [5.41, 5.74) is -0.347. The minimum atomic E-state index is -0.948. The van der Waals surface area contributed by atoms with Crippen LogP contribution >= 0.6 is 0 Å². The number of carbonyl (C=O) groups is 4. The second-order valence-electron chi connectivity index (χ2n) is 7.98. The second-order valence-corrected chi connectivity index (χ2v) is 7.98. The Kier molecular flexibility index (Phi) is 6.38. The van der Waals surface area contributed by atoms with Gasteiger partial charge in [0, 0.05) is 13.6 Å². The van der Waals surface area contributed by atoms with Crippen molar-refractivity contribution < 1.29 is 28.3 Å². The molecule has 2 fully saturated rings. The molecule has 3 rings (SSSR count). The molecule has 1 aromatic rings. The Hall–Kier alpha value is -2.97. The van der Waals surface area contributed by atoms with Crippen LogP contribution in [0.3, 0.4) is 0 Å². The van der Waals surface area contributed by atoms with Crippen molar-refractivity contribution in [3.8, 4) is 0 Å². The minimum Gasteiger partial charge on any atom is -0.454 e. The lowest BCUT2D eigenvalue weighted by Gasteiger charge is -2.36. The number of rotatable bonds is 6. The molecule has 0 radical (unpaired) electrons. The summed E-state index contributed by atoms with van der Waals surface area (Å²) in [5, 5.41) is 2.76. The smallest absolute Gasteiger partial charge is 0.326 e. The van der Waals surface area contributed by atoms with Crippen molar-refractivity contribution in [1.82, 2.24) is 15.1 Å². The van der Waals surface area contributed by atoms with E-state index in [1.165, 1.54) is 24.1 Å². The van der Waals surface area contributed by atoms with Gasteiger partial charge in [-0.25, -0.2) is 9.18 Å². The summed E-state index contributed by atoms with van der Waals surface area (Å²) in [7, 11) is 1.51. The van der Waals surface area contributed by atoms with Crippen LogP contribution < -0.4 is 5.32 Å². The van der Waals surface area contributed by atoms with E-state index in [4.69, 9.17) is 4.74 Å². The number of esters is 1. The second kappa shape index (κ2) is 8.81. The van der Waals surface area contributed by atoms with Crippen LogP contribution in [-0.4, -0.2) is 59.4 Å². The summed E-state index contributed by atoms with van der Waals surface area (Å²) in [4.78, 5) is 51.6. The number of halogens is 1. The van der Waals surface area contributed by atoms with E-state index in [1.54, 1.807) is 12.1 Å². The first-order valence-electron chi connectivity index (χ1n) is 10.0. The van der Waals surface area contributed by atoms with Crippen LogP contribution in [0.4, 0.5) is 9.18 Å². The van der Waals surface area contributed by atoms with E-state index < -0.39 is 48.3 Å². The Morgan fingerprint density at radius 2 is 2.10 bits per heavy atom. The van der Waals surface area contributed by atoms with Gasteiger partial charge in [0.25, 0.3) is 11.8 Å². The van der Waals surface area contributed by atoms with E-state index in [0.29, 0.717) is 12.0 Å². The third-order valence-electron chi connectivity index (χ3n) is 5.88. The molecule has 162 valence electrons. The van der Waals surface area contributed by atoms with Crippen LogP contribution in [0, 0.1) is 11.7 Å². The third kappa shape index (κ3) is 4.44. The molecule has 0 bridgehead atoms. The molecule has 8 nitrogen and oxygen atoms in total. The number of nitrogens with zero attached hydrogens (tertiary/aromatic N) is 2. The van der Waals surface area contributed by atoms with Gasteiger partial charge in [-0.15, -0.1) is 0 Å². The average Bonchev–Trinajstić information content (AvgIpc) is 2.93. The van der Waals surface area contributed by atoms with Gasteiger partial charge >= 0.3 is 12.0 Å². The molecule has 0 aromatic heterocycles. The highest BCUT2D eigenvalue weighted by Crippen LogP contribution is 2.38. The maximum Gasteiger partial charge on any atom is 0.326 e. The summed E-state index contributed by atoms with van der Waals surface area (Å²) in [5.74, 6) is -2.15. The van der Waals surface area contributed by atoms with Crippen LogP contribution in [0.15, 0.2) is 24.3 Å². The van der Waals surface area contributed by atoms with Crippen LogP contribution in [-0.2, 0) is 25.7 Å². The Labute approximate surface area is 174 Å². The van der Waals surface area contributed by atoms with Crippen molar-refractivity contribution in [1.29, 1.82) is 0 Å². The first-order valence-corrected chi connectivity index (χ1v) is 10.0. The minimum absolute atomic E-state index is 0.0122. The van der Waals surface area contributed by atoms with Crippen LogP contribution in [0.5, 0.6) is 0 Å². The van der Waals surface area contributed by atoms with Gasteiger partial charge in [-0.2, -0.15) is 0 Å². The van der Waals surface area contributed by atoms with E-state index in [-0.39, 0.29) is 12.5 Å². The number of urea groups is 1. The van der Waals surface area contributed by atoms with Crippen molar-refractivity contribution in [2.24, 2.45) is 5.92 Å². The van der Waals surface area contributed by atoms with E-state index in [2.05, 4.69) is 5.32 Å². The van der Waals surface area contributed by atoms with E-state index in [9.17, 15) is 23.6 Å². The first kappa shape index (κ1) is 21.7. The predicted molar refractivity (Wildman–Crippen MR) is 104 cm³/mol. The lowest BCUT2D eigenvalue weighted by atomic mass is 9.73. The van der Waals surface area contributed by atoms with Gasteiger partial charge in [-0.3, -0.25) is 19.3 Å². The Morgan fingerprint density at radius 3 is 2.80 bits per heavy atom. The van der Waals surface area contributed by atoms with E-state index in [0.717, 1.165) is 24.2 Å². The quantitative estimate of drug-likeness (QED) is 0.561. The fourth-order valence-electron chi connectivity index (χ4n) is 4.06. The molecule has 1 spiro atoms.